The number of nitrogens with zero attached hydrogens (tertiary/aromatic N) is 2. The molecule has 2 aromatic heterocycles. The molecule has 2 N–H and O–H groups in total. The molecule has 0 spiro atoms. The van der Waals surface area contributed by atoms with Crippen molar-refractivity contribution in [2.75, 3.05) is 5.73 Å². The Hall–Kier alpha value is -1.55. The van der Waals surface area contributed by atoms with E-state index in [-0.39, 0.29) is 0 Å². The molecule has 0 aromatic carbocycles. The maximum Gasteiger partial charge on any atom is 0.124 e. The molecule has 0 amide bonds. The lowest BCUT2D eigenvalue weighted by atomic mass is 10.3. The molecule has 2 heterocycles. The zero-order chi connectivity index (χ0) is 11.5. The lowest BCUT2D eigenvalue weighted by Crippen LogP contribution is -1.91. The number of aryl methyl sites for hydroxylation is 2. The van der Waals surface area contributed by atoms with Crippen molar-refractivity contribution in [1.29, 1.82) is 0 Å². The van der Waals surface area contributed by atoms with Gasteiger partial charge in [-0.25, -0.2) is 9.97 Å². The Bertz CT molecular complexity index is 491. The molecule has 0 aliphatic rings. The molecule has 82 valence electrons. The van der Waals surface area contributed by atoms with Crippen LogP contribution in [0.25, 0.3) is 0 Å². The lowest BCUT2D eigenvalue weighted by Gasteiger charge is -2.03. The molecular weight excluding hydrogens is 218 g/mol. The second-order valence-electron chi connectivity index (χ2n) is 3.63. The Morgan fingerprint density at radius 3 is 2.56 bits per heavy atom. The first-order chi connectivity index (χ1) is 7.63. The summed E-state index contributed by atoms with van der Waals surface area (Å²) in [6.07, 6.45) is 0. The molecule has 0 fully saturated rings. The third-order valence-corrected chi connectivity index (χ3v) is 2.88. The zero-order valence-electron chi connectivity index (χ0n) is 9.27. The van der Waals surface area contributed by atoms with E-state index in [4.69, 9.17) is 5.73 Å². The van der Waals surface area contributed by atoms with Crippen LogP contribution in [0.15, 0.2) is 40.4 Å². The van der Waals surface area contributed by atoms with Crippen LogP contribution >= 0.6 is 11.8 Å². The minimum atomic E-state index is 0.536. The van der Waals surface area contributed by atoms with Crippen LogP contribution in [-0.2, 0) is 0 Å². The predicted octanol–water partition coefficient (Wildman–Crippen LogP) is 2.83. The van der Waals surface area contributed by atoms with Gasteiger partial charge in [0.15, 0.2) is 0 Å². The number of anilines is 1. The fourth-order valence-electron chi connectivity index (χ4n) is 1.45. The van der Waals surface area contributed by atoms with Gasteiger partial charge < -0.3 is 5.73 Å². The highest BCUT2D eigenvalue weighted by atomic mass is 32.2. The van der Waals surface area contributed by atoms with Gasteiger partial charge in [-0.15, -0.1) is 0 Å². The molecule has 0 saturated carbocycles. The third-order valence-electron chi connectivity index (χ3n) is 2.03. The number of nitrogens with two attached hydrogens (primary N) is 1. The van der Waals surface area contributed by atoms with E-state index in [1.165, 1.54) is 17.3 Å². The summed E-state index contributed by atoms with van der Waals surface area (Å²) in [5.74, 6) is 0.536. The van der Waals surface area contributed by atoms with Gasteiger partial charge in [-0.2, -0.15) is 0 Å². The van der Waals surface area contributed by atoms with Gasteiger partial charge in [0.1, 0.15) is 15.9 Å². The van der Waals surface area contributed by atoms with Gasteiger partial charge in [-0.1, -0.05) is 17.8 Å². The van der Waals surface area contributed by atoms with E-state index in [2.05, 4.69) is 23.0 Å². The van der Waals surface area contributed by atoms with Crippen LogP contribution in [0, 0.1) is 13.8 Å². The fraction of sp³-hybridized carbons (Fsp3) is 0.167. The van der Waals surface area contributed by atoms with Crippen LogP contribution in [-0.4, -0.2) is 9.97 Å². The molecule has 2 rings (SSSR count). The average molecular weight is 231 g/mol. The molecule has 0 aliphatic heterocycles. The van der Waals surface area contributed by atoms with Crippen LogP contribution in [0.5, 0.6) is 0 Å². The van der Waals surface area contributed by atoms with Crippen LogP contribution in [0.4, 0.5) is 5.82 Å². The monoisotopic (exact) mass is 231 g/mol. The fourth-order valence-corrected chi connectivity index (χ4v) is 2.40. The first-order valence-electron chi connectivity index (χ1n) is 4.99. The van der Waals surface area contributed by atoms with E-state index >= 15 is 0 Å². The highest BCUT2D eigenvalue weighted by molar-refractivity contribution is 7.99. The summed E-state index contributed by atoms with van der Waals surface area (Å²) in [7, 11) is 0. The molecule has 0 saturated heterocycles. The zero-order valence-corrected chi connectivity index (χ0v) is 10.1. The van der Waals surface area contributed by atoms with E-state index in [1.807, 2.05) is 25.1 Å². The van der Waals surface area contributed by atoms with Crippen molar-refractivity contribution in [3.63, 3.8) is 0 Å². The highest BCUT2D eigenvalue weighted by Gasteiger charge is 2.02. The average Bonchev–Trinajstić information content (AvgIpc) is 2.15. The maximum atomic E-state index is 5.63. The van der Waals surface area contributed by atoms with Gasteiger partial charge >= 0.3 is 0 Å². The van der Waals surface area contributed by atoms with Crippen molar-refractivity contribution in [2.45, 2.75) is 23.9 Å². The summed E-state index contributed by atoms with van der Waals surface area (Å²) in [6.45, 7) is 4.05. The Morgan fingerprint density at radius 1 is 1.06 bits per heavy atom. The first kappa shape index (κ1) is 11.0. The second-order valence-corrected chi connectivity index (χ2v) is 4.67. The van der Waals surface area contributed by atoms with Gasteiger partial charge in [-0.3, -0.25) is 0 Å². The van der Waals surface area contributed by atoms with Crippen molar-refractivity contribution < 1.29 is 0 Å². The quantitative estimate of drug-likeness (QED) is 0.863. The third kappa shape index (κ3) is 2.73. The molecule has 2 aromatic rings. The van der Waals surface area contributed by atoms with E-state index in [9.17, 15) is 0 Å². The lowest BCUT2D eigenvalue weighted by molar-refractivity contribution is 1.04. The minimum absolute atomic E-state index is 0.536. The minimum Gasteiger partial charge on any atom is -0.384 e. The van der Waals surface area contributed by atoms with Crippen molar-refractivity contribution in [3.05, 3.63) is 41.6 Å². The Kier molecular flexibility index (Phi) is 3.10. The second kappa shape index (κ2) is 4.53. The van der Waals surface area contributed by atoms with E-state index in [1.54, 1.807) is 6.07 Å². The van der Waals surface area contributed by atoms with Crippen LogP contribution < -0.4 is 5.73 Å². The van der Waals surface area contributed by atoms with Crippen molar-refractivity contribution in [3.8, 4) is 0 Å². The molecule has 16 heavy (non-hydrogen) atoms. The summed E-state index contributed by atoms with van der Waals surface area (Å²) in [6, 6.07) is 9.70. The number of aromatic nitrogens is 2. The van der Waals surface area contributed by atoms with Gasteiger partial charge in [-0.05, 0) is 43.7 Å². The largest absolute Gasteiger partial charge is 0.384 e. The van der Waals surface area contributed by atoms with Crippen molar-refractivity contribution in [1.82, 2.24) is 9.97 Å². The van der Waals surface area contributed by atoms with Gasteiger partial charge in [0, 0.05) is 5.69 Å². The molecule has 3 nitrogen and oxygen atoms in total. The molecule has 0 bridgehead atoms. The number of pyridine rings is 2. The normalized spacial score (nSPS) is 10.4. The van der Waals surface area contributed by atoms with Gasteiger partial charge in [0.2, 0.25) is 0 Å². The van der Waals surface area contributed by atoms with E-state index in [0.29, 0.717) is 5.82 Å². The van der Waals surface area contributed by atoms with E-state index in [0.717, 1.165) is 15.7 Å². The smallest absolute Gasteiger partial charge is 0.124 e. The molecule has 0 unspecified atom stereocenters. The standard InChI is InChI=1S/C12H13N3S/c1-8-6-9(2)14-12(7-8)16-11-5-3-4-10(13)15-11/h3-7H,1-2H3,(H2,13,15). The number of hydrogen-bond acceptors (Lipinski definition) is 4. The summed E-state index contributed by atoms with van der Waals surface area (Å²) in [5, 5.41) is 1.83. The summed E-state index contributed by atoms with van der Waals surface area (Å²) in [5.41, 5.74) is 7.85. The molecule has 4 heteroatoms. The van der Waals surface area contributed by atoms with E-state index < -0.39 is 0 Å². The highest BCUT2D eigenvalue weighted by Crippen LogP contribution is 2.25. The van der Waals surface area contributed by atoms with Crippen LogP contribution in [0.3, 0.4) is 0 Å². The Labute approximate surface area is 99.1 Å². The van der Waals surface area contributed by atoms with Gasteiger partial charge in [0.05, 0.1) is 0 Å². The maximum absolute atomic E-state index is 5.63. The summed E-state index contributed by atoms with van der Waals surface area (Å²) < 4.78 is 0. The van der Waals surface area contributed by atoms with Crippen LogP contribution in [0.1, 0.15) is 11.3 Å². The topological polar surface area (TPSA) is 51.8 Å². The van der Waals surface area contributed by atoms with Crippen molar-refractivity contribution in [2.24, 2.45) is 0 Å². The molecule has 0 aliphatic carbocycles. The number of nitrogen functional groups attached to an aromatic ring is 1. The number of hydrogen-bond donors (Lipinski definition) is 1. The van der Waals surface area contributed by atoms with Gasteiger partial charge in [0.25, 0.3) is 0 Å². The summed E-state index contributed by atoms with van der Waals surface area (Å²) >= 11 is 1.53. The van der Waals surface area contributed by atoms with Crippen LogP contribution in [0.2, 0.25) is 0 Å². The summed E-state index contributed by atoms with van der Waals surface area (Å²) in [4.78, 5) is 8.67. The SMILES string of the molecule is Cc1cc(C)nc(Sc2cccc(N)n2)c1. The molecule has 0 radical (unpaired) electrons. The molecule has 0 atom stereocenters. The Morgan fingerprint density at radius 2 is 1.88 bits per heavy atom. The predicted molar refractivity (Wildman–Crippen MR) is 66.5 cm³/mol. The van der Waals surface area contributed by atoms with Crippen molar-refractivity contribution >= 4 is 17.6 Å². The number of rotatable bonds is 2. The Balaban J connectivity index is 2.27. The molecular formula is C12H13N3S. The first-order valence-corrected chi connectivity index (χ1v) is 5.81.